The third-order valence-electron chi connectivity index (χ3n) is 3.53. The summed E-state index contributed by atoms with van der Waals surface area (Å²) in [5.74, 6) is -0.647. The van der Waals surface area contributed by atoms with Gasteiger partial charge in [0.2, 0.25) is 0 Å². The van der Waals surface area contributed by atoms with E-state index in [4.69, 9.17) is 9.47 Å². The molecule has 0 spiro atoms. The van der Waals surface area contributed by atoms with Gasteiger partial charge in [-0.2, -0.15) is 5.06 Å². The Morgan fingerprint density at radius 3 is 2.60 bits per heavy atom. The lowest BCUT2D eigenvalue weighted by atomic mass is 10.1. The molecule has 1 aliphatic heterocycles. The second kappa shape index (κ2) is 6.06. The molecule has 0 saturated carbocycles. The Morgan fingerprint density at radius 2 is 2.00 bits per heavy atom. The van der Waals surface area contributed by atoms with E-state index in [1.54, 1.807) is 6.08 Å². The lowest BCUT2D eigenvalue weighted by molar-refractivity contribution is -0.184. The van der Waals surface area contributed by atoms with E-state index in [1.165, 1.54) is 5.06 Å². The molecule has 20 heavy (non-hydrogen) atoms. The summed E-state index contributed by atoms with van der Waals surface area (Å²) in [7, 11) is 0. The van der Waals surface area contributed by atoms with Gasteiger partial charge >= 0.3 is 0 Å². The van der Waals surface area contributed by atoms with Crippen LogP contribution >= 0.6 is 0 Å². The fourth-order valence-electron chi connectivity index (χ4n) is 2.46. The summed E-state index contributed by atoms with van der Waals surface area (Å²) in [6.07, 6.45) is 1.27. The van der Waals surface area contributed by atoms with Crippen molar-refractivity contribution in [3.63, 3.8) is 0 Å². The van der Waals surface area contributed by atoms with E-state index in [2.05, 4.69) is 6.58 Å². The van der Waals surface area contributed by atoms with Crippen molar-refractivity contribution < 1.29 is 14.7 Å². The lowest BCUT2D eigenvalue weighted by Gasteiger charge is -2.29. The molecule has 4 nitrogen and oxygen atoms in total. The van der Waals surface area contributed by atoms with Gasteiger partial charge in [-0.1, -0.05) is 36.4 Å². The van der Waals surface area contributed by atoms with Crippen LogP contribution in [0.2, 0.25) is 0 Å². The molecule has 2 rings (SSSR count). The summed E-state index contributed by atoms with van der Waals surface area (Å²) >= 11 is 0. The van der Waals surface area contributed by atoms with E-state index in [0.29, 0.717) is 6.54 Å². The molecule has 1 heterocycles. The number of ether oxygens (including phenoxy) is 2. The predicted octanol–water partition coefficient (Wildman–Crippen LogP) is 2.97. The molecule has 4 heteroatoms. The number of hydrogen-bond donors (Lipinski definition) is 1. The Hall–Kier alpha value is -1.20. The van der Waals surface area contributed by atoms with E-state index in [1.807, 2.05) is 51.1 Å². The maximum Gasteiger partial charge on any atom is 0.164 e. The molecule has 0 aliphatic carbocycles. The first-order chi connectivity index (χ1) is 9.43. The van der Waals surface area contributed by atoms with Gasteiger partial charge in [0, 0.05) is 6.54 Å². The minimum atomic E-state index is -0.647. The molecular formula is C16H23NO3. The van der Waals surface area contributed by atoms with Gasteiger partial charge in [-0.05, 0) is 26.3 Å². The maximum absolute atomic E-state index is 10.3. The maximum atomic E-state index is 10.3. The van der Waals surface area contributed by atoms with Crippen LogP contribution in [0.5, 0.6) is 0 Å². The van der Waals surface area contributed by atoms with Crippen molar-refractivity contribution >= 4 is 0 Å². The quantitative estimate of drug-likeness (QED) is 0.663. The molecule has 1 fully saturated rings. The molecule has 0 amide bonds. The summed E-state index contributed by atoms with van der Waals surface area (Å²) < 4.78 is 11.6. The van der Waals surface area contributed by atoms with E-state index < -0.39 is 5.79 Å². The first kappa shape index (κ1) is 15.2. The molecule has 0 radical (unpaired) electrons. The van der Waals surface area contributed by atoms with Crippen molar-refractivity contribution in [3.8, 4) is 0 Å². The number of hydrogen-bond acceptors (Lipinski definition) is 4. The van der Waals surface area contributed by atoms with Crippen LogP contribution in [0.4, 0.5) is 0 Å². The largest absolute Gasteiger partial charge is 0.342 e. The molecular weight excluding hydrogens is 254 g/mol. The molecule has 1 aliphatic rings. The van der Waals surface area contributed by atoms with Gasteiger partial charge in [-0.15, -0.1) is 6.58 Å². The SMILES string of the molecule is C=C[C@H]1OC(C)(C)O[C@H]1C(C)N(O)Cc1ccccc1. The summed E-state index contributed by atoms with van der Waals surface area (Å²) in [4.78, 5) is 0. The van der Waals surface area contributed by atoms with Crippen LogP contribution in [-0.2, 0) is 16.0 Å². The average Bonchev–Trinajstić information content (AvgIpc) is 2.74. The van der Waals surface area contributed by atoms with Gasteiger partial charge in [-0.3, -0.25) is 0 Å². The van der Waals surface area contributed by atoms with E-state index in [0.717, 1.165) is 5.56 Å². The summed E-state index contributed by atoms with van der Waals surface area (Å²) in [6.45, 7) is 9.90. The van der Waals surface area contributed by atoms with Gasteiger partial charge < -0.3 is 14.7 Å². The highest BCUT2D eigenvalue weighted by atomic mass is 16.8. The summed E-state index contributed by atoms with van der Waals surface area (Å²) in [6, 6.07) is 9.64. The molecule has 110 valence electrons. The first-order valence-electron chi connectivity index (χ1n) is 6.90. The fourth-order valence-corrected chi connectivity index (χ4v) is 2.46. The molecule has 3 atom stereocenters. The molecule has 1 saturated heterocycles. The topological polar surface area (TPSA) is 41.9 Å². The highest BCUT2D eigenvalue weighted by molar-refractivity contribution is 5.14. The van der Waals surface area contributed by atoms with Crippen LogP contribution in [-0.4, -0.2) is 34.3 Å². The normalized spacial score (nSPS) is 26.6. The van der Waals surface area contributed by atoms with Gasteiger partial charge in [0.05, 0.1) is 6.04 Å². The van der Waals surface area contributed by atoms with Crippen molar-refractivity contribution in [3.05, 3.63) is 48.6 Å². The van der Waals surface area contributed by atoms with Gasteiger partial charge in [0.1, 0.15) is 12.2 Å². The number of nitrogens with zero attached hydrogens (tertiary/aromatic N) is 1. The van der Waals surface area contributed by atoms with Gasteiger partial charge in [0.15, 0.2) is 5.79 Å². The average molecular weight is 277 g/mol. The van der Waals surface area contributed by atoms with Gasteiger partial charge in [0.25, 0.3) is 0 Å². The fraction of sp³-hybridized carbons (Fsp3) is 0.500. The second-order valence-corrected chi connectivity index (χ2v) is 5.62. The van der Waals surface area contributed by atoms with E-state index in [9.17, 15) is 5.21 Å². The molecule has 1 N–H and O–H groups in total. The minimum absolute atomic E-state index is 0.194. The van der Waals surface area contributed by atoms with Crippen LogP contribution in [0.15, 0.2) is 43.0 Å². The Bertz CT molecular complexity index is 446. The zero-order chi connectivity index (χ0) is 14.8. The highest BCUT2D eigenvalue weighted by Gasteiger charge is 2.43. The Kier molecular flexibility index (Phi) is 4.60. The summed E-state index contributed by atoms with van der Waals surface area (Å²) in [5.41, 5.74) is 1.05. The Morgan fingerprint density at radius 1 is 1.35 bits per heavy atom. The third kappa shape index (κ3) is 3.46. The van der Waals surface area contributed by atoms with Crippen LogP contribution in [0.25, 0.3) is 0 Å². The standard InChI is InChI=1S/C16H23NO3/c1-5-14-15(20-16(3,4)19-14)12(2)17(18)11-13-9-7-6-8-10-13/h5-10,12,14-15,18H,1,11H2,2-4H3/t12?,14-,15+/m1/s1. The third-order valence-corrected chi connectivity index (χ3v) is 3.53. The lowest BCUT2D eigenvalue weighted by Crippen LogP contribution is -2.43. The van der Waals surface area contributed by atoms with Crippen molar-refractivity contribution in [2.45, 2.75) is 51.4 Å². The van der Waals surface area contributed by atoms with Crippen LogP contribution in [0.1, 0.15) is 26.3 Å². The zero-order valence-corrected chi connectivity index (χ0v) is 12.3. The molecule has 1 aromatic rings. The summed E-state index contributed by atoms with van der Waals surface area (Å²) in [5, 5.41) is 11.6. The Labute approximate surface area is 120 Å². The van der Waals surface area contributed by atoms with E-state index >= 15 is 0 Å². The smallest absolute Gasteiger partial charge is 0.164 e. The monoisotopic (exact) mass is 277 g/mol. The van der Waals surface area contributed by atoms with Crippen molar-refractivity contribution in [1.82, 2.24) is 5.06 Å². The Balaban J connectivity index is 2.03. The molecule has 1 aromatic carbocycles. The van der Waals surface area contributed by atoms with Crippen molar-refractivity contribution in [2.75, 3.05) is 0 Å². The number of benzene rings is 1. The first-order valence-corrected chi connectivity index (χ1v) is 6.90. The van der Waals surface area contributed by atoms with Crippen LogP contribution in [0.3, 0.4) is 0 Å². The number of hydroxylamine groups is 2. The zero-order valence-electron chi connectivity index (χ0n) is 12.3. The van der Waals surface area contributed by atoms with Crippen molar-refractivity contribution in [1.29, 1.82) is 0 Å². The predicted molar refractivity (Wildman–Crippen MR) is 77.3 cm³/mol. The van der Waals surface area contributed by atoms with Gasteiger partial charge in [-0.25, -0.2) is 0 Å². The van der Waals surface area contributed by atoms with Crippen molar-refractivity contribution in [2.24, 2.45) is 0 Å². The second-order valence-electron chi connectivity index (χ2n) is 5.62. The highest BCUT2D eigenvalue weighted by Crippen LogP contribution is 2.31. The number of rotatable bonds is 5. The minimum Gasteiger partial charge on any atom is -0.342 e. The van der Waals surface area contributed by atoms with Crippen LogP contribution < -0.4 is 0 Å². The van der Waals surface area contributed by atoms with Crippen LogP contribution in [0, 0.1) is 0 Å². The molecule has 0 aromatic heterocycles. The molecule has 1 unspecified atom stereocenters. The molecule has 0 bridgehead atoms. The van der Waals surface area contributed by atoms with E-state index in [-0.39, 0.29) is 18.2 Å².